The Hall–Kier alpha value is -0.520. The first-order chi connectivity index (χ1) is 4.61. The standard InChI is InChI=1S/C6H4FIO2/c7-3-1-4(9)6(8)5(10)2-3/h1-2,9-10H. The Morgan fingerprint density at radius 2 is 1.60 bits per heavy atom. The summed E-state index contributed by atoms with van der Waals surface area (Å²) in [6.07, 6.45) is 0. The molecule has 0 unspecified atom stereocenters. The van der Waals surface area contributed by atoms with Crippen molar-refractivity contribution < 1.29 is 14.6 Å². The van der Waals surface area contributed by atoms with Crippen molar-refractivity contribution >= 4 is 22.6 Å². The fraction of sp³-hybridized carbons (Fsp3) is 0. The molecule has 0 saturated heterocycles. The van der Waals surface area contributed by atoms with E-state index < -0.39 is 5.82 Å². The monoisotopic (exact) mass is 254 g/mol. The van der Waals surface area contributed by atoms with E-state index in [4.69, 9.17) is 10.2 Å². The molecule has 0 aliphatic heterocycles. The van der Waals surface area contributed by atoms with E-state index in [0.717, 1.165) is 12.1 Å². The molecule has 0 saturated carbocycles. The molecule has 0 aliphatic carbocycles. The molecule has 2 N–H and O–H groups in total. The summed E-state index contributed by atoms with van der Waals surface area (Å²) >= 11 is 1.72. The van der Waals surface area contributed by atoms with E-state index in [0.29, 0.717) is 0 Å². The van der Waals surface area contributed by atoms with Crippen molar-refractivity contribution in [2.75, 3.05) is 0 Å². The summed E-state index contributed by atoms with van der Waals surface area (Å²) in [5, 5.41) is 17.7. The van der Waals surface area contributed by atoms with Gasteiger partial charge >= 0.3 is 0 Å². The van der Waals surface area contributed by atoms with Crippen LogP contribution < -0.4 is 0 Å². The van der Waals surface area contributed by atoms with Gasteiger partial charge in [-0.1, -0.05) is 0 Å². The molecule has 0 heterocycles. The van der Waals surface area contributed by atoms with Crippen LogP contribution in [-0.4, -0.2) is 10.2 Å². The van der Waals surface area contributed by atoms with Crippen LogP contribution in [0.25, 0.3) is 0 Å². The van der Waals surface area contributed by atoms with Gasteiger partial charge in [-0.25, -0.2) is 4.39 Å². The zero-order chi connectivity index (χ0) is 7.72. The van der Waals surface area contributed by atoms with E-state index in [9.17, 15) is 4.39 Å². The Bertz CT molecular complexity index is 239. The van der Waals surface area contributed by atoms with Crippen LogP contribution >= 0.6 is 22.6 Å². The van der Waals surface area contributed by atoms with E-state index in [-0.39, 0.29) is 15.1 Å². The van der Waals surface area contributed by atoms with E-state index in [1.807, 2.05) is 0 Å². The van der Waals surface area contributed by atoms with Crippen LogP contribution in [0.4, 0.5) is 4.39 Å². The molecule has 0 amide bonds. The minimum Gasteiger partial charge on any atom is -0.507 e. The second-order valence-corrected chi connectivity index (χ2v) is 2.84. The maximum absolute atomic E-state index is 12.3. The molecule has 0 atom stereocenters. The van der Waals surface area contributed by atoms with Gasteiger partial charge in [0.1, 0.15) is 17.3 Å². The number of phenolic OH excluding ortho intramolecular Hbond substituents is 2. The zero-order valence-electron chi connectivity index (χ0n) is 4.81. The summed E-state index contributed by atoms with van der Waals surface area (Å²) in [5.74, 6) is -1.12. The summed E-state index contributed by atoms with van der Waals surface area (Å²) < 4.78 is 12.5. The summed E-state index contributed by atoms with van der Waals surface area (Å²) in [5.41, 5.74) is 0. The third-order valence-electron chi connectivity index (χ3n) is 0.999. The molecule has 1 aromatic rings. The van der Waals surface area contributed by atoms with Crippen molar-refractivity contribution in [2.24, 2.45) is 0 Å². The van der Waals surface area contributed by atoms with Gasteiger partial charge in [-0.05, 0) is 22.6 Å². The zero-order valence-corrected chi connectivity index (χ0v) is 6.96. The minimum atomic E-state index is -0.643. The first kappa shape index (κ1) is 7.59. The largest absolute Gasteiger partial charge is 0.507 e. The highest BCUT2D eigenvalue weighted by Crippen LogP contribution is 2.28. The van der Waals surface area contributed by atoms with Crippen LogP contribution in [0.3, 0.4) is 0 Å². The van der Waals surface area contributed by atoms with Crippen LogP contribution in [0.5, 0.6) is 11.5 Å². The Labute approximate surface area is 70.4 Å². The van der Waals surface area contributed by atoms with Crippen LogP contribution in [0.1, 0.15) is 0 Å². The lowest BCUT2D eigenvalue weighted by Crippen LogP contribution is -1.78. The van der Waals surface area contributed by atoms with Gasteiger partial charge in [0.15, 0.2) is 0 Å². The van der Waals surface area contributed by atoms with Crippen molar-refractivity contribution in [2.45, 2.75) is 0 Å². The summed E-state index contributed by atoms with van der Waals surface area (Å²) in [4.78, 5) is 0. The summed E-state index contributed by atoms with van der Waals surface area (Å²) in [6, 6.07) is 1.89. The quantitative estimate of drug-likeness (QED) is 0.693. The molecular weight excluding hydrogens is 250 g/mol. The lowest BCUT2D eigenvalue weighted by Gasteiger charge is -1.98. The minimum absolute atomic E-state index is 0.238. The number of aromatic hydroxyl groups is 2. The fourth-order valence-electron chi connectivity index (χ4n) is 0.561. The number of hydrogen-bond donors (Lipinski definition) is 2. The van der Waals surface area contributed by atoms with Gasteiger partial charge in [0.05, 0.1) is 3.57 Å². The van der Waals surface area contributed by atoms with Crippen molar-refractivity contribution in [1.29, 1.82) is 0 Å². The lowest BCUT2D eigenvalue weighted by molar-refractivity contribution is 0.434. The molecule has 0 aliphatic rings. The van der Waals surface area contributed by atoms with Gasteiger partial charge in [0.2, 0.25) is 0 Å². The molecule has 1 rings (SSSR count). The van der Waals surface area contributed by atoms with Gasteiger partial charge < -0.3 is 10.2 Å². The van der Waals surface area contributed by atoms with Crippen molar-refractivity contribution in [3.05, 3.63) is 21.5 Å². The maximum atomic E-state index is 12.3. The van der Waals surface area contributed by atoms with Gasteiger partial charge in [-0.2, -0.15) is 0 Å². The smallest absolute Gasteiger partial charge is 0.135 e. The molecule has 2 nitrogen and oxygen atoms in total. The van der Waals surface area contributed by atoms with E-state index in [1.54, 1.807) is 22.6 Å². The van der Waals surface area contributed by atoms with Gasteiger partial charge in [-0.3, -0.25) is 0 Å². The molecule has 0 fully saturated rings. The van der Waals surface area contributed by atoms with Gasteiger partial charge in [-0.15, -0.1) is 0 Å². The number of halogens is 2. The Morgan fingerprint density at radius 1 is 1.20 bits per heavy atom. The summed E-state index contributed by atoms with van der Waals surface area (Å²) in [6.45, 7) is 0. The Morgan fingerprint density at radius 3 is 2.00 bits per heavy atom. The number of hydrogen-bond acceptors (Lipinski definition) is 2. The molecule has 54 valence electrons. The van der Waals surface area contributed by atoms with Crippen molar-refractivity contribution in [1.82, 2.24) is 0 Å². The molecule has 0 bridgehead atoms. The molecule has 4 heteroatoms. The number of rotatable bonds is 0. The molecule has 10 heavy (non-hydrogen) atoms. The van der Waals surface area contributed by atoms with E-state index in [1.165, 1.54) is 0 Å². The molecule has 0 spiro atoms. The fourth-order valence-corrected chi connectivity index (χ4v) is 0.872. The molecule has 0 radical (unpaired) electrons. The number of phenols is 2. The number of benzene rings is 1. The van der Waals surface area contributed by atoms with E-state index >= 15 is 0 Å². The lowest BCUT2D eigenvalue weighted by atomic mass is 10.3. The van der Waals surface area contributed by atoms with Crippen molar-refractivity contribution in [3.8, 4) is 11.5 Å². The predicted octanol–water partition coefficient (Wildman–Crippen LogP) is 1.84. The van der Waals surface area contributed by atoms with Crippen molar-refractivity contribution in [3.63, 3.8) is 0 Å². The second-order valence-electron chi connectivity index (χ2n) is 1.76. The third-order valence-corrected chi connectivity index (χ3v) is 2.10. The topological polar surface area (TPSA) is 40.5 Å². The first-order valence-electron chi connectivity index (χ1n) is 2.48. The van der Waals surface area contributed by atoms with Gasteiger partial charge in [0.25, 0.3) is 0 Å². The average molecular weight is 254 g/mol. The average Bonchev–Trinajstić information content (AvgIpc) is 1.82. The Kier molecular flexibility index (Phi) is 1.98. The van der Waals surface area contributed by atoms with Crippen LogP contribution in [0.15, 0.2) is 12.1 Å². The highest BCUT2D eigenvalue weighted by Gasteiger charge is 2.05. The maximum Gasteiger partial charge on any atom is 0.135 e. The SMILES string of the molecule is Oc1cc(F)cc(O)c1I. The third kappa shape index (κ3) is 1.31. The molecule has 1 aromatic carbocycles. The first-order valence-corrected chi connectivity index (χ1v) is 3.56. The van der Waals surface area contributed by atoms with Crippen LogP contribution in [0, 0.1) is 9.39 Å². The summed E-state index contributed by atoms with van der Waals surface area (Å²) in [7, 11) is 0. The van der Waals surface area contributed by atoms with E-state index in [2.05, 4.69) is 0 Å². The molecular formula is C6H4FIO2. The van der Waals surface area contributed by atoms with Crippen LogP contribution in [-0.2, 0) is 0 Å². The molecule has 0 aromatic heterocycles. The highest BCUT2D eigenvalue weighted by molar-refractivity contribution is 14.1. The second kappa shape index (κ2) is 2.61. The highest BCUT2D eigenvalue weighted by atomic mass is 127. The van der Waals surface area contributed by atoms with Gasteiger partial charge in [0, 0.05) is 12.1 Å². The normalized spacial score (nSPS) is 9.80. The Balaban J connectivity index is 3.31. The predicted molar refractivity (Wildman–Crippen MR) is 42.4 cm³/mol. The van der Waals surface area contributed by atoms with Crippen LogP contribution in [0.2, 0.25) is 0 Å².